The molecule has 32 heavy (non-hydrogen) atoms. The largest absolute Gasteiger partial charge is 0.369 e. The predicted octanol–water partition coefficient (Wildman–Crippen LogP) is 3.52. The number of hydrogen-bond acceptors (Lipinski definition) is 5. The molecule has 4 aromatic rings. The van der Waals surface area contributed by atoms with Crippen molar-refractivity contribution in [2.24, 2.45) is 15.9 Å². The number of hydrogen-bond donors (Lipinski definition) is 3. The van der Waals surface area contributed by atoms with E-state index < -0.39 is 16.0 Å². The molecular weight excluding hydrogens is 424 g/mol. The third-order valence-electron chi connectivity index (χ3n) is 4.60. The molecule has 0 amide bonds. The van der Waals surface area contributed by atoms with Crippen LogP contribution in [0.3, 0.4) is 0 Å². The van der Waals surface area contributed by atoms with Crippen LogP contribution in [-0.4, -0.2) is 24.6 Å². The second-order valence-electron chi connectivity index (χ2n) is 6.89. The molecule has 0 saturated carbocycles. The zero-order chi connectivity index (χ0) is 22.6. The smallest absolute Gasteiger partial charge is 0.285 e. The van der Waals surface area contributed by atoms with Gasteiger partial charge in [-0.1, -0.05) is 54.6 Å². The van der Waals surface area contributed by atoms with E-state index in [0.29, 0.717) is 11.5 Å². The van der Waals surface area contributed by atoms with Gasteiger partial charge in [-0.15, -0.1) is 14.6 Å². The summed E-state index contributed by atoms with van der Waals surface area (Å²) in [5.41, 5.74) is 14.9. The Bertz CT molecular complexity index is 1330. The number of aromatic nitrogens is 2. The first-order valence-electron chi connectivity index (χ1n) is 9.63. The van der Waals surface area contributed by atoms with Crippen LogP contribution in [0.5, 0.6) is 0 Å². The number of sulfonamides is 1. The van der Waals surface area contributed by atoms with Crippen molar-refractivity contribution in [3.63, 3.8) is 0 Å². The molecular formula is C23H20N6O2S. The van der Waals surface area contributed by atoms with Gasteiger partial charge in [-0.3, -0.25) is 0 Å². The molecule has 0 aliphatic rings. The van der Waals surface area contributed by atoms with Gasteiger partial charge < -0.3 is 16.8 Å². The molecule has 0 saturated heterocycles. The molecule has 1 aromatic heterocycles. The standard InChI is InChI=1S/C23H20N6O2S/c24-23(25)29-32(30,31)20-12-10-19(11-13-20)26-22-15-14-21(27-28-22)18-8-6-17(7-9-18)16-4-2-1-3-5-16/h1-15H,(H,26,28)(H4,24,25,29). The first-order chi connectivity index (χ1) is 15.4. The van der Waals surface area contributed by atoms with E-state index in [4.69, 9.17) is 11.5 Å². The van der Waals surface area contributed by atoms with Gasteiger partial charge >= 0.3 is 0 Å². The fourth-order valence-corrected chi connectivity index (χ4v) is 3.93. The van der Waals surface area contributed by atoms with Gasteiger partial charge in [0.15, 0.2) is 5.82 Å². The van der Waals surface area contributed by atoms with E-state index in [1.54, 1.807) is 18.2 Å². The number of nitrogens with one attached hydrogen (secondary N) is 1. The van der Waals surface area contributed by atoms with Crippen molar-refractivity contribution in [3.8, 4) is 22.4 Å². The third kappa shape index (κ3) is 4.90. The average molecular weight is 445 g/mol. The van der Waals surface area contributed by atoms with Crippen molar-refractivity contribution in [1.29, 1.82) is 0 Å². The summed E-state index contributed by atoms with van der Waals surface area (Å²) in [6, 6.07) is 27.9. The van der Waals surface area contributed by atoms with Gasteiger partial charge in [-0.25, -0.2) is 0 Å². The molecule has 0 spiro atoms. The van der Waals surface area contributed by atoms with Crippen LogP contribution in [0.2, 0.25) is 0 Å². The quantitative estimate of drug-likeness (QED) is 0.306. The molecule has 0 bridgehead atoms. The number of benzene rings is 3. The minimum atomic E-state index is -3.92. The summed E-state index contributed by atoms with van der Waals surface area (Å²) in [6.07, 6.45) is 0. The molecule has 4 rings (SSSR count). The fourth-order valence-electron chi connectivity index (χ4n) is 3.07. The number of rotatable bonds is 6. The second kappa shape index (κ2) is 8.86. The Balaban J connectivity index is 1.46. The van der Waals surface area contributed by atoms with Gasteiger partial charge in [0.2, 0.25) is 5.96 Å². The minimum absolute atomic E-state index is 0.0168. The lowest BCUT2D eigenvalue weighted by Gasteiger charge is -2.07. The highest BCUT2D eigenvalue weighted by atomic mass is 32.2. The molecule has 160 valence electrons. The lowest BCUT2D eigenvalue weighted by molar-refractivity contribution is 0.598. The fraction of sp³-hybridized carbons (Fsp3) is 0. The maximum absolute atomic E-state index is 12.0. The summed E-state index contributed by atoms with van der Waals surface area (Å²) in [5, 5.41) is 11.6. The third-order valence-corrected chi connectivity index (χ3v) is 5.92. The van der Waals surface area contributed by atoms with E-state index in [-0.39, 0.29) is 4.90 Å². The van der Waals surface area contributed by atoms with Gasteiger partial charge in [-0.05, 0) is 47.5 Å². The second-order valence-corrected chi connectivity index (χ2v) is 8.49. The summed E-state index contributed by atoms with van der Waals surface area (Å²) in [5.74, 6) is 0.00626. The van der Waals surface area contributed by atoms with Gasteiger partial charge in [0.25, 0.3) is 10.0 Å². The first-order valence-corrected chi connectivity index (χ1v) is 11.1. The maximum Gasteiger partial charge on any atom is 0.285 e. The van der Waals surface area contributed by atoms with Gasteiger partial charge in [0, 0.05) is 11.3 Å². The average Bonchev–Trinajstić information content (AvgIpc) is 2.80. The van der Waals surface area contributed by atoms with E-state index in [2.05, 4.69) is 44.2 Å². The van der Waals surface area contributed by atoms with Crippen molar-refractivity contribution in [2.75, 3.05) is 5.32 Å². The lowest BCUT2D eigenvalue weighted by Crippen LogP contribution is -2.24. The molecule has 0 atom stereocenters. The Hall–Kier alpha value is -4.24. The number of nitrogens with two attached hydrogens (primary N) is 2. The number of anilines is 2. The lowest BCUT2D eigenvalue weighted by atomic mass is 10.0. The van der Waals surface area contributed by atoms with Crippen molar-refractivity contribution in [2.45, 2.75) is 4.90 Å². The molecule has 0 fully saturated rings. The van der Waals surface area contributed by atoms with Crippen LogP contribution < -0.4 is 16.8 Å². The van der Waals surface area contributed by atoms with Crippen molar-refractivity contribution in [3.05, 3.63) is 91.0 Å². The maximum atomic E-state index is 12.0. The SMILES string of the molecule is NC(N)=NS(=O)(=O)c1ccc(Nc2ccc(-c3ccc(-c4ccccc4)cc3)nn2)cc1. The normalized spacial score (nSPS) is 11.0. The zero-order valence-electron chi connectivity index (χ0n) is 16.9. The number of guanidine groups is 1. The van der Waals surface area contributed by atoms with Crippen LogP contribution in [0.25, 0.3) is 22.4 Å². The van der Waals surface area contributed by atoms with Gasteiger partial charge in [0.05, 0.1) is 10.6 Å². The molecule has 0 aliphatic heterocycles. The molecule has 5 N–H and O–H groups in total. The highest BCUT2D eigenvalue weighted by Gasteiger charge is 2.13. The molecule has 3 aromatic carbocycles. The Morgan fingerprint density at radius 3 is 1.94 bits per heavy atom. The zero-order valence-corrected chi connectivity index (χ0v) is 17.7. The Kier molecular flexibility index (Phi) is 5.82. The van der Waals surface area contributed by atoms with Crippen molar-refractivity contribution < 1.29 is 8.42 Å². The van der Waals surface area contributed by atoms with Crippen molar-refractivity contribution >= 4 is 27.5 Å². The van der Waals surface area contributed by atoms with Crippen molar-refractivity contribution in [1.82, 2.24) is 10.2 Å². The van der Waals surface area contributed by atoms with E-state index in [9.17, 15) is 8.42 Å². The van der Waals surface area contributed by atoms with E-state index in [0.717, 1.165) is 22.4 Å². The van der Waals surface area contributed by atoms with Crippen LogP contribution in [-0.2, 0) is 10.0 Å². The molecule has 0 unspecified atom stereocenters. The molecule has 1 heterocycles. The molecule has 8 nitrogen and oxygen atoms in total. The molecule has 0 aliphatic carbocycles. The van der Waals surface area contributed by atoms with Crippen LogP contribution in [0.4, 0.5) is 11.5 Å². The highest BCUT2D eigenvalue weighted by molar-refractivity contribution is 7.90. The van der Waals surface area contributed by atoms with Crippen LogP contribution in [0.15, 0.2) is 100 Å². The monoisotopic (exact) mass is 444 g/mol. The first kappa shape index (κ1) is 21.0. The summed E-state index contributed by atoms with van der Waals surface area (Å²) in [7, 11) is -3.92. The summed E-state index contributed by atoms with van der Waals surface area (Å²) >= 11 is 0. The number of nitrogens with zero attached hydrogens (tertiary/aromatic N) is 3. The van der Waals surface area contributed by atoms with E-state index >= 15 is 0 Å². The van der Waals surface area contributed by atoms with Gasteiger partial charge in [-0.2, -0.15) is 8.42 Å². The summed E-state index contributed by atoms with van der Waals surface area (Å²) in [4.78, 5) is -0.0168. The summed E-state index contributed by atoms with van der Waals surface area (Å²) in [6.45, 7) is 0. The van der Waals surface area contributed by atoms with E-state index in [1.807, 2.05) is 36.4 Å². The molecule has 9 heteroatoms. The van der Waals surface area contributed by atoms with E-state index in [1.165, 1.54) is 12.1 Å². The topological polar surface area (TPSA) is 136 Å². The predicted molar refractivity (Wildman–Crippen MR) is 126 cm³/mol. The molecule has 0 radical (unpaired) electrons. The highest BCUT2D eigenvalue weighted by Crippen LogP contribution is 2.24. The van der Waals surface area contributed by atoms with Crippen LogP contribution >= 0.6 is 0 Å². The minimum Gasteiger partial charge on any atom is -0.369 e. The van der Waals surface area contributed by atoms with Crippen LogP contribution in [0, 0.1) is 0 Å². The van der Waals surface area contributed by atoms with Crippen LogP contribution in [0.1, 0.15) is 0 Å². The summed E-state index contributed by atoms with van der Waals surface area (Å²) < 4.78 is 27.2. The van der Waals surface area contributed by atoms with Gasteiger partial charge in [0.1, 0.15) is 0 Å². The Morgan fingerprint density at radius 2 is 1.34 bits per heavy atom. The Labute approximate surface area is 185 Å². The Morgan fingerprint density at radius 1 is 0.719 bits per heavy atom.